The van der Waals surface area contributed by atoms with Gasteiger partial charge in [-0.2, -0.15) is 0 Å². The third-order valence-electron chi connectivity index (χ3n) is 1.33. The molecule has 1 atom stereocenters. The Morgan fingerprint density at radius 2 is 2.00 bits per heavy atom. The molecule has 0 bridgehead atoms. The summed E-state index contributed by atoms with van der Waals surface area (Å²) in [5.74, 6) is 0. The van der Waals surface area contributed by atoms with Crippen LogP contribution in [0.3, 0.4) is 0 Å². The van der Waals surface area contributed by atoms with E-state index >= 15 is 0 Å². The molecule has 0 aliphatic carbocycles. The first kappa shape index (κ1) is 10.1. The van der Waals surface area contributed by atoms with E-state index < -0.39 is 11.4 Å². The normalized spacial score (nSPS) is 29.5. The number of allylic oxidation sites excluding steroid dienone is 2. The van der Waals surface area contributed by atoms with E-state index in [0.717, 1.165) is 0 Å². The molecule has 1 N–H and O–H groups in total. The van der Waals surface area contributed by atoms with Crippen LogP contribution in [0.1, 0.15) is 0 Å². The number of dihydropyridines is 1. The van der Waals surface area contributed by atoms with E-state index in [1.54, 1.807) is 0 Å². The highest BCUT2D eigenvalue weighted by atomic mass is 35.5. The Morgan fingerprint density at radius 3 is 2.42 bits per heavy atom. The minimum absolute atomic E-state index is 0.216. The zero-order valence-corrected chi connectivity index (χ0v) is 7.89. The summed E-state index contributed by atoms with van der Waals surface area (Å²) in [4.78, 5) is -2.03. The van der Waals surface area contributed by atoms with Crippen molar-refractivity contribution < 1.29 is 8.78 Å². The second-order valence-electron chi connectivity index (χ2n) is 2.18. The Labute approximate surface area is 83.0 Å². The number of alkyl halides is 3. The summed E-state index contributed by atoms with van der Waals surface area (Å²) in [5, 5.41) is 2.23. The fraction of sp³-hybridized carbons (Fsp3) is 0.333. The molecular weight excluding hydrogens is 230 g/mol. The van der Waals surface area contributed by atoms with Crippen molar-refractivity contribution in [2.45, 2.75) is 11.4 Å². The predicted octanol–water partition coefficient (Wildman–Crippen LogP) is 2.99. The molecule has 1 nitrogen and oxygen atoms in total. The molecule has 0 aromatic heterocycles. The van der Waals surface area contributed by atoms with Gasteiger partial charge in [0.15, 0.2) is 0 Å². The summed E-state index contributed by atoms with van der Waals surface area (Å²) < 4.78 is 24.6. The first-order chi connectivity index (χ1) is 5.47. The van der Waals surface area contributed by atoms with Crippen LogP contribution in [-0.2, 0) is 0 Å². The Bertz CT molecular complexity index is 251. The van der Waals surface area contributed by atoms with Gasteiger partial charge in [0.05, 0.1) is 10.1 Å². The van der Waals surface area contributed by atoms with Gasteiger partial charge in [-0.15, -0.1) is 0 Å². The van der Waals surface area contributed by atoms with E-state index in [9.17, 15) is 8.78 Å². The first-order valence-electron chi connectivity index (χ1n) is 2.95. The molecule has 0 aromatic carbocycles. The maximum absolute atomic E-state index is 12.3. The van der Waals surface area contributed by atoms with Crippen LogP contribution >= 0.6 is 34.8 Å². The van der Waals surface area contributed by atoms with Crippen molar-refractivity contribution in [2.75, 3.05) is 0 Å². The molecule has 1 aliphatic rings. The van der Waals surface area contributed by atoms with Crippen molar-refractivity contribution in [1.29, 1.82) is 0 Å². The van der Waals surface area contributed by atoms with Gasteiger partial charge in [0.25, 0.3) is 6.43 Å². The largest absolute Gasteiger partial charge is 0.362 e. The van der Waals surface area contributed by atoms with Gasteiger partial charge in [0.2, 0.25) is 5.00 Å². The van der Waals surface area contributed by atoms with Gasteiger partial charge in [-0.05, 0) is 6.08 Å². The summed E-state index contributed by atoms with van der Waals surface area (Å²) in [6.45, 7) is 0. The molecule has 1 aliphatic heterocycles. The molecule has 1 rings (SSSR count). The average Bonchev–Trinajstić information content (AvgIpc) is 1.97. The molecule has 6 heteroatoms. The lowest BCUT2D eigenvalue weighted by Crippen LogP contribution is -2.45. The number of halogens is 5. The molecule has 0 saturated heterocycles. The molecular formula is C6H4Cl3F2N. The summed E-state index contributed by atoms with van der Waals surface area (Å²) in [6.07, 6.45) is -0.449. The van der Waals surface area contributed by atoms with E-state index in [1.807, 2.05) is 0 Å². The second-order valence-corrected chi connectivity index (χ2v) is 3.62. The van der Waals surface area contributed by atoms with E-state index in [-0.39, 0.29) is 10.1 Å². The molecule has 68 valence electrons. The van der Waals surface area contributed by atoms with Crippen LogP contribution in [0.5, 0.6) is 0 Å². The van der Waals surface area contributed by atoms with Gasteiger partial charge in [-0.1, -0.05) is 34.8 Å². The second kappa shape index (κ2) is 3.40. The van der Waals surface area contributed by atoms with Gasteiger partial charge in [0, 0.05) is 6.20 Å². The molecule has 1 heterocycles. The monoisotopic (exact) mass is 233 g/mol. The summed E-state index contributed by atoms with van der Waals surface area (Å²) in [5.41, 5.74) is 0. The smallest absolute Gasteiger partial charge is 0.280 e. The lowest BCUT2D eigenvalue weighted by molar-refractivity contribution is 0.103. The SMILES string of the molecule is FC(F)C1(Cl)NC=C(Cl)C=C1Cl. The van der Waals surface area contributed by atoms with E-state index in [1.165, 1.54) is 12.3 Å². The van der Waals surface area contributed by atoms with Crippen LogP contribution in [0.25, 0.3) is 0 Å². The van der Waals surface area contributed by atoms with E-state index in [2.05, 4.69) is 5.32 Å². The minimum atomic E-state index is -2.80. The number of hydrogen-bond donors (Lipinski definition) is 1. The lowest BCUT2D eigenvalue weighted by atomic mass is 10.2. The van der Waals surface area contributed by atoms with Crippen LogP contribution in [0.15, 0.2) is 22.3 Å². The maximum Gasteiger partial charge on any atom is 0.280 e. The summed E-state index contributed by atoms with van der Waals surface area (Å²) >= 11 is 16.4. The number of hydrogen-bond acceptors (Lipinski definition) is 1. The number of nitrogens with one attached hydrogen (secondary N) is 1. The highest BCUT2D eigenvalue weighted by Crippen LogP contribution is 2.35. The van der Waals surface area contributed by atoms with Gasteiger partial charge < -0.3 is 5.32 Å². The van der Waals surface area contributed by atoms with Gasteiger partial charge in [-0.25, -0.2) is 8.78 Å². The minimum Gasteiger partial charge on any atom is -0.362 e. The first-order valence-corrected chi connectivity index (χ1v) is 4.08. The molecule has 1 unspecified atom stereocenters. The van der Waals surface area contributed by atoms with Crippen LogP contribution in [0.4, 0.5) is 8.78 Å². The Kier molecular flexibility index (Phi) is 2.86. The molecule has 0 radical (unpaired) electrons. The highest BCUT2D eigenvalue weighted by Gasteiger charge is 2.42. The third kappa shape index (κ3) is 1.68. The topological polar surface area (TPSA) is 12.0 Å². The maximum atomic E-state index is 12.3. The molecule has 0 aromatic rings. The standard InChI is InChI=1S/C6H4Cl3F2N/c7-3-1-4(8)6(9,5(10)11)12-2-3/h1-2,5,12H. The van der Waals surface area contributed by atoms with Gasteiger partial charge >= 0.3 is 0 Å². The van der Waals surface area contributed by atoms with Crippen molar-refractivity contribution in [3.63, 3.8) is 0 Å². The van der Waals surface area contributed by atoms with Crippen LogP contribution in [0.2, 0.25) is 0 Å². The van der Waals surface area contributed by atoms with Crippen molar-refractivity contribution in [1.82, 2.24) is 5.32 Å². The Morgan fingerprint density at radius 1 is 1.42 bits per heavy atom. The molecule has 12 heavy (non-hydrogen) atoms. The quantitative estimate of drug-likeness (QED) is 0.543. The van der Waals surface area contributed by atoms with Crippen molar-refractivity contribution in [3.05, 3.63) is 22.3 Å². The zero-order chi connectivity index (χ0) is 9.35. The third-order valence-corrected chi connectivity index (χ3v) is 2.53. The summed E-state index contributed by atoms with van der Waals surface area (Å²) in [6, 6.07) is 0. The van der Waals surface area contributed by atoms with Crippen molar-refractivity contribution in [3.8, 4) is 0 Å². The van der Waals surface area contributed by atoms with E-state index in [4.69, 9.17) is 34.8 Å². The highest BCUT2D eigenvalue weighted by molar-refractivity contribution is 6.41. The molecule has 0 saturated carbocycles. The predicted molar refractivity (Wildman–Crippen MR) is 45.6 cm³/mol. The van der Waals surface area contributed by atoms with Crippen LogP contribution in [-0.4, -0.2) is 11.4 Å². The summed E-state index contributed by atoms with van der Waals surface area (Å²) in [7, 11) is 0. The van der Waals surface area contributed by atoms with E-state index in [0.29, 0.717) is 0 Å². The molecule has 0 amide bonds. The van der Waals surface area contributed by atoms with Crippen molar-refractivity contribution >= 4 is 34.8 Å². The fourth-order valence-electron chi connectivity index (χ4n) is 0.678. The van der Waals surface area contributed by atoms with Crippen LogP contribution in [0, 0.1) is 0 Å². The molecule has 0 spiro atoms. The zero-order valence-electron chi connectivity index (χ0n) is 5.62. The van der Waals surface area contributed by atoms with Gasteiger partial charge in [-0.3, -0.25) is 0 Å². The average molecular weight is 234 g/mol. The van der Waals surface area contributed by atoms with Crippen molar-refractivity contribution in [2.24, 2.45) is 0 Å². The number of rotatable bonds is 1. The Balaban J connectivity index is 2.93. The Hall–Kier alpha value is 0.01000. The van der Waals surface area contributed by atoms with Gasteiger partial charge in [0.1, 0.15) is 0 Å². The lowest BCUT2D eigenvalue weighted by Gasteiger charge is -2.28. The molecule has 0 fully saturated rings. The fourth-order valence-corrected chi connectivity index (χ4v) is 1.26. The van der Waals surface area contributed by atoms with Crippen LogP contribution < -0.4 is 5.32 Å².